The summed E-state index contributed by atoms with van der Waals surface area (Å²) < 4.78 is 2.26. The normalized spacial score (nSPS) is 10.3. The second kappa shape index (κ2) is 2.79. The summed E-state index contributed by atoms with van der Waals surface area (Å²) in [4.78, 5) is 22.4. The zero-order chi connectivity index (χ0) is 9.46. The summed E-state index contributed by atoms with van der Waals surface area (Å²) in [5.74, 6) is 0. The molecule has 12 heavy (non-hydrogen) atoms. The van der Waals surface area contributed by atoms with Crippen LogP contribution in [0.4, 0.5) is 0 Å². The summed E-state index contributed by atoms with van der Waals surface area (Å²) >= 11 is 5.71. The van der Waals surface area contributed by atoms with Gasteiger partial charge in [-0.1, -0.05) is 11.6 Å². The average Bonchev–Trinajstić information content (AvgIpc) is 2.08. The zero-order valence-corrected chi connectivity index (χ0v) is 7.84. The van der Waals surface area contributed by atoms with Crippen LogP contribution < -0.4 is 11.2 Å². The van der Waals surface area contributed by atoms with Crippen LogP contribution in [0.3, 0.4) is 0 Å². The first-order valence-corrected chi connectivity index (χ1v) is 3.76. The topological polar surface area (TPSA) is 44.0 Å². The van der Waals surface area contributed by atoms with E-state index in [-0.39, 0.29) is 10.7 Å². The summed E-state index contributed by atoms with van der Waals surface area (Å²) in [5.41, 5.74) is -0.361. The molecule has 1 rings (SSSR count). The minimum atomic E-state index is -0.407. The average molecular weight is 189 g/mol. The first-order valence-electron chi connectivity index (χ1n) is 3.39. The Morgan fingerprint density at radius 1 is 1.17 bits per heavy atom. The molecule has 0 unspecified atom stereocenters. The van der Waals surface area contributed by atoms with Gasteiger partial charge < -0.3 is 0 Å². The third-order valence-corrected chi connectivity index (χ3v) is 2.34. The van der Waals surface area contributed by atoms with Gasteiger partial charge in [-0.3, -0.25) is 13.9 Å². The molecule has 0 radical (unpaired) electrons. The summed E-state index contributed by atoms with van der Waals surface area (Å²) in [5, 5.41) is 0.197. The molecule has 1 aromatic heterocycles. The summed E-state index contributed by atoms with van der Waals surface area (Å²) in [6.07, 6.45) is 0. The van der Waals surface area contributed by atoms with Gasteiger partial charge in [-0.25, -0.2) is 4.79 Å². The van der Waals surface area contributed by atoms with E-state index < -0.39 is 5.69 Å². The standard InChI is InChI=1S/C7H9ClN2O2/c1-4-5(8)9(2)7(12)10(3)6(4)11/h1-3H3. The van der Waals surface area contributed by atoms with E-state index >= 15 is 0 Å². The number of hydrogen-bond donors (Lipinski definition) is 0. The lowest BCUT2D eigenvalue weighted by molar-refractivity contribution is 0.678. The van der Waals surface area contributed by atoms with Gasteiger partial charge in [0.2, 0.25) is 0 Å². The molecule has 0 amide bonds. The fraction of sp³-hybridized carbons (Fsp3) is 0.429. The highest BCUT2D eigenvalue weighted by Gasteiger charge is 2.08. The Morgan fingerprint density at radius 3 is 2.17 bits per heavy atom. The van der Waals surface area contributed by atoms with Crippen molar-refractivity contribution in [2.24, 2.45) is 14.1 Å². The molecule has 0 aliphatic rings. The predicted octanol–water partition coefficient (Wildman–Crippen LogP) is 0.0458. The maximum Gasteiger partial charge on any atom is 0.331 e. The van der Waals surface area contributed by atoms with Crippen LogP contribution in [0.5, 0.6) is 0 Å². The molecule has 0 fully saturated rings. The van der Waals surface area contributed by atoms with Gasteiger partial charge in [0.15, 0.2) is 0 Å². The Morgan fingerprint density at radius 2 is 1.67 bits per heavy atom. The van der Waals surface area contributed by atoms with Crippen LogP contribution >= 0.6 is 11.6 Å². The molecule has 0 aromatic carbocycles. The van der Waals surface area contributed by atoms with Crippen LogP contribution in [0.2, 0.25) is 5.15 Å². The molecule has 0 saturated heterocycles. The van der Waals surface area contributed by atoms with Crippen molar-refractivity contribution in [1.29, 1.82) is 0 Å². The van der Waals surface area contributed by atoms with Gasteiger partial charge in [-0.15, -0.1) is 0 Å². The highest BCUT2D eigenvalue weighted by atomic mass is 35.5. The van der Waals surface area contributed by atoms with E-state index in [4.69, 9.17) is 11.6 Å². The van der Waals surface area contributed by atoms with Crippen molar-refractivity contribution in [3.8, 4) is 0 Å². The van der Waals surface area contributed by atoms with Gasteiger partial charge in [-0.05, 0) is 6.92 Å². The molecular weight excluding hydrogens is 180 g/mol. The van der Waals surface area contributed by atoms with Crippen LogP contribution in [0, 0.1) is 6.92 Å². The summed E-state index contributed by atoms with van der Waals surface area (Å²) in [6.45, 7) is 1.59. The van der Waals surface area contributed by atoms with Crippen molar-refractivity contribution in [1.82, 2.24) is 9.13 Å². The molecule has 0 aliphatic heterocycles. The molecule has 4 nitrogen and oxygen atoms in total. The lowest BCUT2D eigenvalue weighted by atomic mass is 10.4. The van der Waals surface area contributed by atoms with E-state index in [1.165, 1.54) is 18.7 Å². The third-order valence-electron chi connectivity index (χ3n) is 1.80. The van der Waals surface area contributed by atoms with Gasteiger partial charge in [0, 0.05) is 14.1 Å². The number of rotatable bonds is 0. The van der Waals surface area contributed by atoms with Crippen LogP contribution in [0.15, 0.2) is 9.59 Å². The first-order chi connectivity index (χ1) is 5.46. The molecule has 0 bridgehead atoms. The lowest BCUT2D eigenvalue weighted by Crippen LogP contribution is -2.38. The smallest absolute Gasteiger partial charge is 0.287 e. The number of nitrogens with zero attached hydrogens (tertiary/aromatic N) is 2. The first kappa shape index (κ1) is 9.06. The molecule has 0 spiro atoms. The summed E-state index contributed by atoms with van der Waals surface area (Å²) in [7, 11) is 2.95. The van der Waals surface area contributed by atoms with E-state index in [2.05, 4.69) is 0 Å². The molecule has 1 heterocycles. The van der Waals surface area contributed by atoms with Gasteiger partial charge in [0.1, 0.15) is 5.15 Å². The highest BCUT2D eigenvalue weighted by Crippen LogP contribution is 2.05. The Bertz CT molecular complexity index is 393. The fourth-order valence-electron chi connectivity index (χ4n) is 0.987. The number of aromatic nitrogens is 2. The minimum absolute atomic E-state index is 0.197. The SMILES string of the molecule is Cc1c(Cl)n(C)c(=O)n(C)c1=O. The molecule has 0 N–H and O–H groups in total. The van der Waals surface area contributed by atoms with Crippen molar-refractivity contribution >= 4 is 11.6 Å². The van der Waals surface area contributed by atoms with Gasteiger partial charge in [0.25, 0.3) is 5.56 Å². The van der Waals surface area contributed by atoms with Crippen LogP contribution in [-0.2, 0) is 14.1 Å². The van der Waals surface area contributed by atoms with Crippen molar-refractivity contribution in [3.63, 3.8) is 0 Å². The van der Waals surface area contributed by atoms with E-state index in [9.17, 15) is 9.59 Å². The quantitative estimate of drug-likeness (QED) is 0.540. The molecule has 0 saturated carbocycles. The molecule has 0 atom stereocenters. The number of hydrogen-bond acceptors (Lipinski definition) is 2. The van der Waals surface area contributed by atoms with Gasteiger partial charge in [0.05, 0.1) is 5.56 Å². The molecule has 1 aromatic rings. The molecule has 66 valence electrons. The van der Waals surface area contributed by atoms with Crippen LogP contribution in [0.25, 0.3) is 0 Å². The minimum Gasteiger partial charge on any atom is -0.287 e. The second-order valence-electron chi connectivity index (χ2n) is 2.62. The van der Waals surface area contributed by atoms with Gasteiger partial charge in [-0.2, -0.15) is 0 Å². The fourth-order valence-corrected chi connectivity index (χ4v) is 1.14. The Kier molecular flexibility index (Phi) is 2.10. The lowest BCUT2D eigenvalue weighted by Gasteiger charge is -2.05. The summed E-state index contributed by atoms with van der Waals surface area (Å²) in [6, 6.07) is 0. The largest absolute Gasteiger partial charge is 0.331 e. The Hall–Kier alpha value is -1.03. The van der Waals surface area contributed by atoms with Crippen molar-refractivity contribution in [2.75, 3.05) is 0 Å². The third kappa shape index (κ3) is 1.08. The second-order valence-corrected chi connectivity index (χ2v) is 2.98. The highest BCUT2D eigenvalue weighted by molar-refractivity contribution is 6.30. The molecular formula is C7H9ClN2O2. The van der Waals surface area contributed by atoms with E-state index in [0.717, 1.165) is 4.57 Å². The molecule has 5 heteroatoms. The van der Waals surface area contributed by atoms with E-state index in [0.29, 0.717) is 5.56 Å². The maximum atomic E-state index is 11.2. The van der Waals surface area contributed by atoms with Gasteiger partial charge >= 0.3 is 5.69 Å². The van der Waals surface area contributed by atoms with E-state index in [1.807, 2.05) is 0 Å². The number of halogens is 1. The Balaban J connectivity index is 3.86. The van der Waals surface area contributed by atoms with Crippen LogP contribution in [-0.4, -0.2) is 9.13 Å². The van der Waals surface area contributed by atoms with Crippen molar-refractivity contribution < 1.29 is 0 Å². The zero-order valence-electron chi connectivity index (χ0n) is 7.09. The van der Waals surface area contributed by atoms with Crippen LogP contribution in [0.1, 0.15) is 5.56 Å². The van der Waals surface area contributed by atoms with Crippen molar-refractivity contribution in [2.45, 2.75) is 6.92 Å². The van der Waals surface area contributed by atoms with E-state index in [1.54, 1.807) is 6.92 Å². The molecule has 0 aliphatic carbocycles. The van der Waals surface area contributed by atoms with Crippen molar-refractivity contribution in [3.05, 3.63) is 31.6 Å². The monoisotopic (exact) mass is 188 g/mol. The maximum absolute atomic E-state index is 11.2. The predicted molar refractivity (Wildman–Crippen MR) is 46.7 cm³/mol. The Labute approximate surface area is 74.0 Å².